The first-order valence-electron chi connectivity index (χ1n) is 10.0. The Kier molecular flexibility index (Phi) is 5.91. The number of aliphatic hydroxyl groups excluding tert-OH is 1. The van der Waals surface area contributed by atoms with E-state index in [1.807, 2.05) is 6.92 Å². The topological polar surface area (TPSA) is 117 Å². The van der Waals surface area contributed by atoms with E-state index in [0.29, 0.717) is 52.6 Å². The van der Waals surface area contributed by atoms with Crippen molar-refractivity contribution < 1.29 is 18.6 Å². The first-order valence-corrected chi connectivity index (χ1v) is 12.7. The van der Waals surface area contributed by atoms with Crippen molar-refractivity contribution in [1.29, 1.82) is 0 Å². The molecule has 0 aliphatic heterocycles. The van der Waals surface area contributed by atoms with Crippen molar-refractivity contribution in [3.63, 3.8) is 0 Å². The van der Waals surface area contributed by atoms with Crippen molar-refractivity contribution in [2.24, 2.45) is 0 Å². The third-order valence-corrected chi connectivity index (χ3v) is 8.64. The van der Waals surface area contributed by atoms with Gasteiger partial charge in [0.2, 0.25) is 15.0 Å². The Morgan fingerprint density at radius 1 is 1.26 bits per heavy atom. The minimum Gasteiger partial charge on any atom is -0.393 e. The molecular weight excluding hydrogens is 460 g/mol. The van der Waals surface area contributed by atoms with Crippen molar-refractivity contribution in [2.75, 3.05) is 0 Å². The number of aryl methyl sites for hydroxylation is 1. The molecule has 1 aliphatic rings. The second-order valence-corrected chi connectivity index (χ2v) is 11.5. The third-order valence-electron chi connectivity index (χ3n) is 5.41. The number of sulfonamides is 1. The maximum Gasteiger partial charge on any atom is 0.242 e. The maximum atomic E-state index is 13.1. The van der Waals surface area contributed by atoms with Crippen LogP contribution in [0.25, 0.3) is 16.2 Å². The van der Waals surface area contributed by atoms with E-state index >= 15 is 0 Å². The normalized spacial score (nSPS) is 20.5. The van der Waals surface area contributed by atoms with E-state index in [-0.39, 0.29) is 22.1 Å². The first-order chi connectivity index (χ1) is 14.5. The van der Waals surface area contributed by atoms with Gasteiger partial charge in [-0.25, -0.2) is 22.6 Å². The van der Waals surface area contributed by atoms with E-state index in [4.69, 9.17) is 11.6 Å². The average molecular weight is 485 g/mol. The van der Waals surface area contributed by atoms with Gasteiger partial charge in [-0.15, -0.1) is 0 Å². The Morgan fingerprint density at radius 3 is 2.58 bits per heavy atom. The summed E-state index contributed by atoms with van der Waals surface area (Å²) >= 11 is 7.56. The summed E-state index contributed by atoms with van der Waals surface area (Å²) in [6.45, 7) is 5.14. The summed E-state index contributed by atoms with van der Waals surface area (Å²) in [6, 6.07) is 4.59. The number of imidazole rings is 1. The molecular formula is C20H25ClN4O4S2. The van der Waals surface area contributed by atoms with Gasteiger partial charge in [0.1, 0.15) is 15.5 Å². The second-order valence-electron chi connectivity index (χ2n) is 8.48. The summed E-state index contributed by atoms with van der Waals surface area (Å²) in [5.74, 6) is 0. The molecule has 0 saturated heterocycles. The van der Waals surface area contributed by atoms with E-state index in [1.165, 1.54) is 17.4 Å². The fourth-order valence-corrected chi connectivity index (χ4v) is 6.54. The van der Waals surface area contributed by atoms with E-state index in [9.17, 15) is 18.6 Å². The number of rotatable bonds is 5. The molecule has 11 heteroatoms. The molecule has 0 amide bonds. The highest BCUT2D eigenvalue weighted by atomic mass is 35.5. The molecule has 2 aromatic heterocycles. The van der Waals surface area contributed by atoms with E-state index in [1.54, 1.807) is 30.5 Å². The van der Waals surface area contributed by atoms with Crippen molar-refractivity contribution in [3.05, 3.63) is 33.9 Å². The number of nitrogens with zero attached hydrogens (tertiary/aromatic N) is 3. The minimum absolute atomic E-state index is 0.00919. The molecule has 0 bridgehead atoms. The Balaban J connectivity index is 1.73. The van der Waals surface area contributed by atoms with Crippen LogP contribution >= 0.6 is 22.9 Å². The number of aromatic nitrogens is 3. The zero-order valence-electron chi connectivity index (χ0n) is 17.5. The highest BCUT2D eigenvalue weighted by Crippen LogP contribution is 2.34. The largest absolute Gasteiger partial charge is 0.393 e. The van der Waals surface area contributed by atoms with Crippen LogP contribution in [0.15, 0.2) is 23.1 Å². The van der Waals surface area contributed by atoms with E-state index < -0.39 is 15.6 Å². The number of hydrogen-bond donors (Lipinski definition) is 3. The maximum absolute atomic E-state index is 13.1. The number of halogens is 1. The summed E-state index contributed by atoms with van der Waals surface area (Å²) in [5.41, 5.74) is 0.848. The van der Waals surface area contributed by atoms with Gasteiger partial charge in [-0.05, 0) is 58.6 Å². The van der Waals surface area contributed by atoms with Gasteiger partial charge in [-0.2, -0.15) is 5.10 Å². The lowest BCUT2D eigenvalue weighted by Gasteiger charge is -2.26. The molecule has 31 heavy (non-hydrogen) atoms. The van der Waals surface area contributed by atoms with Crippen LogP contribution < -0.4 is 4.72 Å². The highest BCUT2D eigenvalue weighted by molar-refractivity contribution is 7.89. The number of fused-ring (bicyclic) bond motifs is 1. The van der Waals surface area contributed by atoms with Crippen LogP contribution in [0.5, 0.6) is 0 Å². The number of aliphatic hydroxyl groups is 2. The Hall–Kier alpha value is -1.56. The summed E-state index contributed by atoms with van der Waals surface area (Å²) in [6.07, 6.45) is 1.94. The summed E-state index contributed by atoms with van der Waals surface area (Å²) in [5, 5.41) is 25.1. The van der Waals surface area contributed by atoms with Crippen LogP contribution in [0.1, 0.15) is 50.2 Å². The highest BCUT2D eigenvalue weighted by Gasteiger charge is 2.28. The van der Waals surface area contributed by atoms with Crippen molar-refractivity contribution in [1.82, 2.24) is 19.3 Å². The van der Waals surface area contributed by atoms with Crippen LogP contribution in [0.4, 0.5) is 0 Å². The Labute approximate surface area is 190 Å². The molecule has 1 aliphatic carbocycles. The lowest BCUT2D eigenvalue weighted by atomic mass is 9.94. The van der Waals surface area contributed by atoms with E-state index in [0.717, 1.165) is 0 Å². The predicted octanol–water partition coefficient (Wildman–Crippen LogP) is 3.23. The molecule has 0 unspecified atom stereocenters. The van der Waals surface area contributed by atoms with Gasteiger partial charge in [-0.3, -0.25) is 0 Å². The SMILES string of the molecule is Cc1nc2sc(C(C)(C)O)nn2c1-c1ccc(Cl)c(S(=O)(=O)N[C@H]2CC[C@@H](O)CC2)c1. The lowest BCUT2D eigenvalue weighted by molar-refractivity contribution is 0.0773. The molecule has 0 spiro atoms. The van der Waals surface area contributed by atoms with Gasteiger partial charge in [-0.1, -0.05) is 29.0 Å². The zero-order valence-corrected chi connectivity index (χ0v) is 19.9. The molecule has 1 saturated carbocycles. The van der Waals surface area contributed by atoms with Gasteiger partial charge >= 0.3 is 0 Å². The quantitative estimate of drug-likeness (QED) is 0.512. The van der Waals surface area contributed by atoms with Gasteiger partial charge in [0.15, 0.2) is 0 Å². The fourth-order valence-electron chi connectivity index (χ4n) is 3.76. The number of benzene rings is 1. The summed E-state index contributed by atoms with van der Waals surface area (Å²) < 4.78 is 30.5. The van der Waals surface area contributed by atoms with Crippen LogP contribution in [0.3, 0.4) is 0 Å². The van der Waals surface area contributed by atoms with Crippen LogP contribution in [0, 0.1) is 6.92 Å². The van der Waals surface area contributed by atoms with Gasteiger partial charge in [0.25, 0.3) is 0 Å². The van der Waals surface area contributed by atoms with Crippen LogP contribution in [0.2, 0.25) is 5.02 Å². The zero-order chi connectivity index (χ0) is 22.6. The standard InChI is InChI=1S/C20H25ClN4O4S2/c1-11-17(25-19(22-11)30-18(23-25)20(2,3)27)12-4-9-15(21)16(10-12)31(28,29)24-13-5-7-14(26)8-6-13/h4,9-10,13-14,24,26-27H,5-8H2,1-3H3/t13-,14+. The third kappa shape index (κ3) is 4.50. The number of hydrogen-bond acceptors (Lipinski definition) is 7. The average Bonchev–Trinajstić information content (AvgIpc) is 3.21. The molecule has 1 fully saturated rings. The molecule has 1 aromatic carbocycles. The Morgan fingerprint density at radius 2 is 1.94 bits per heavy atom. The van der Waals surface area contributed by atoms with Gasteiger partial charge < -0.3 is 10.2 Å². The summed E-state index contributed by atoms with van der Waals surface area (Å²) in [7, 11) is -3.86. The van der Waals surface area contributed by atoms with Crippen molar-refractivity contribution in [3.8, 4) is 11.3 Å². The van der Waals surface area contributed by atoms with Crippen LogP contribution in [-0.4, -0.2) is 45.4 Å². The molecule has 0 atom stereocenters. The molecule has 3 aromatic rings. The first kappa shape index (κ1) is 22.6. The number of nitrogens with one attached hydrogen (secondary N) is 1. The monoisotopic (exact) mass is 484 g/mol. The van der Waals surface area contributed by atoms with Crippen LogP contribution in [-0.2, 0) is 15.6 Å². The molecule has 2 heterocycles. The Bertz CT molecular complexity index is 1220. The summed E-state index contributed by atoms with van der Waals surface area (Å²) in [4.78, 5) is 5.13. The fraction of sp³-hybridized carbons (Fsp3) is 0.500. The van der Waals surface area contributed by atoms with Crippen molar-refractivity contribution in [2.45, 2.75) is 69.1 Å². The molecule has 8 nitrogen and oxygen atoms in total. The van der Waals surface area contributed by atoms with Gasteiger partial charge in [0.05, 0.1) is 22.5 Å². The molecule has 168 valence electrons. The minimum atomic E-state index is -3.86. The molecule has 0 radical (unpaired) electrons. The van der Waals surface area contributed by atoms with E-state index in [2.05, 4.69) is 14.8 Å². The molecule has 4 rings (SSSR count). The smallest absolute Gasteiger partial charge is 0.242 e. The lowest BCUT2D eigenvalue weighted by Crippen LogP contribution is -2.38. The predicted molar refractivity (Wildman–Crippen MR) is 120 cm³/mol. The second kappa shape index (κ2) is 8.09. The van der Waals surface area contributed by atoms with Gasteiger partial charge in [0, 0.05) is 11.6 Å². The molecule has 3 N–H and O–H groups in total. The van der Waals surface area contributed by atoms with Crippen molar-refractivity contribution >= 4 is 37.9 Å².